The van der Waals surface area contributed by atoms with Crippen molar-refractivity contribution in [2.45, 2.75) is 20.3 Å². The van der Waals surface area contributed by atoms with Crippen LogP contribution in [-0.4, -0.2) is 60.7 Å². The van der Waals surface area contributed by atoms with E-state index in [-0.39, 0.29) is 40.3 Å². The molecule has 234 valence electrons. The van der Waals surface area contributed by atoms with E-state index in [1.807, 2.05) is 32.0 Å². The van der Waals surface area contributed by atoms with E-state index in [1.165, 1.54) is 31.4 Å². The van der Waals surface area contributed by atoms with Crippen LogP contribution in [0, 0.1) is 6.92 Å². The van der Waals surface area contributed by atoms with Crippen LogP contribution < -0.4 is 20.1 Å². The first-order valence-electron chi connectivity index (χ1n) is 13.8. The Morgan fingerprint density at radius 2 is 1.71 bits per heavy atom. The highest BCUT2D eigenvalue weighted by Gasteiger charge is 2.36. The van der Waals surface area contributed by atoms with Crippen LogP contribution in [0.25, 0.3) is 6.08 Å². The average Bonchev–Trinajstić information content (AvgIpc) is 3.27. The lowest BCUT2D eigenvalue weighted by atomic mass is 10.2. The summed E-state index contributed by atoms with van der Waals surface area (Å²) in [5.74, 6) is -1.66. The van der Waals surface area contributed by atoms with E-state index < -0.39 is 29.6 Å². The minimum absolute atomic E-state index is 0.0781. The second kappa shape index (κ2) is 15.3. The maximum absolute atomic E-state index is 13.0. The molecular formula is C32H30ClN3O8S. The van der Waals surface area contributed by atoms with Gasteiger partial charge in [-0.25, -0.2) is 4.79 Å². The number of halogens is 1. The number of hydrogen-bond donors (Lipinski definition) is 2. The topological polar surface area (TPSA) is 140 Å². The third-order valence-corrected chi connectivity index (χ3v) is 7.47. The Morgan fingerprint density at radius 1 is 0.956 bits per heavy atom. The van der Waals surface area contributed by atoms with Crippen LogP contribution >= 0.6 is 23.4 Å². The molecule has 1 aliphatic rings. The molecule has 0 spiro atoms. The monoisotopic (exact) mass is 651 g/mol. The average molecular weight is 652 g/mol. The number of ether oxygens (including phenoxy) is 3. The van der Waals surface area contributed by atoms with Crippen molar-refractivity contribution in [2.24, 2.45) is 0 Å². The third kappa shape index (κ3) is 8.87. The Bertz CT molecular complexity index is 1680. The summed E-state index contributed by atoms with van der Waals surface area (Å²) in [5, 5.41) is 4.87. The predicted molar refractivity (Wildman–Crippen MR) is 172 cm³/mol. The van der Waals surface area contributed by atoms with E-state index >= 15 is 0 Å². The van der Waals surface area contributed by atoms with Gasteiger partial charge in [0, 0.05) is 11.4 Å². The summed E-state index contributed by atoms with van der Waals surface area (Å²) in [6.45, 7) is 3.19. The van der Waals surface area contributed by atoms with Gasteiger partial charge in [0.05, 0.1) is 29.2 Å². The Balaban J connectivity index is 1.37. The molecule has 0 saturated carbocycles. The molecule has 11 nitrogen and oxygen atoms in total. The largest absolute Gasteiger partial charge is 0.493 e. The molecule has 3 aromatic carbocycles. The van der Waals surface area contributed by atoms with Gasteiger partial charge in [0.1, 0.15) is 6.54 Å². The molecule has 0 aliphatic carbocycles. The zero-order chi connectivity index (χ0) is 32.5. The maximum atomic E-state index is 13.0. The van der Waals surface area contributed by atoms with Gasteiger partial charge in [-0.1, -0.05) is 36.7 Å². The first-order chi connectivity index (χ1) is 21.6. The van der Waals surface area contributed by atoms with Crippen LogP contribution in [0.1, 0.15) is 34.8 Å². The predicted octanol–water partition coefficient (Wildman–Crippen LogP) is 5.92. The molecule has 1 fully saturated rings. The number of anilines is 2. The van der Waals surface area contributed by atoms with Gasteiger partial charge in [-0.3, -0.25) is 24.1 Å². The number of aryl methyl sites for hydroxylation is 1. The standard InChI is InChI=1S/C32H30ClN3O8S/c1-4-12-43-31(40)23-16-22(9-10-24(23)33)34-28(37)17-36-30(39)27(45-32(36)41)15-20-8-11-25(26(14-20)42-3)44-18-29(38)35-21-7-5-6-19(2)13-21/h5-11,13-16H,4,12,17-18H2,1-3H3,(H,34,37)(H,35,38)/b27-15+. The summed E-state index contributed by atoms with van der Waals surface area (Å²) < 4.78 is 16.1. The fourth-order valence-electron chi connectivity index (χ4n) is 4.12. The van der Waals surface area contributed by atoms with Crippen molar-refractivity contribution >= 4 is 69.7 Å². The Hall–Kier alpha value is -4.81. The smallest absolute Gasteiger partial charge is 0.339 e. The van der Waals surface area contributed by atoms with Crippen molar-refractivity contribution in [3.05, 3.63) is 87.3 Å². The van der Waals surface area contributed by atoms with Crippen molar-refractivity contribution < 1.29 is 38.2 Å². The van der Waals surface area contributed by atoms with E-state index in [0.717, 1.165) is 10.5 Å². The minimum Gasteiger partial charge on any atom is -0.493 e. The summed E-state index contributed by atoms with van der Waals surface area (Å²) in [6, 6.07) is 16.5. The minimum atomic E-state index is -0.650. The van der Waals surface area contributed by atoms with Crippen molar-refractivity contribution in [3.63, 3.8) is 0 Å². The quantitative estimate of drug-likeness (QED) is 0.180. The number of rotatable bonds is 12. The van der Waals surface area contributed by atoms with Gasteiger partial charge in [-0.05, 0) is 84.8 Å². The fourth-order valence-corrected chi connectivity index (χ4v) is 5.15. The lowest BCUT2D eigenvalue weighted by molar-refractivity contribution is -0.127. The van der Waals surface area contributed by atoms with Gasteiger partial charge in [0.2, 0.25) is 5.91 Å². The van der Waals surface area contributed by atoms with Crippen LogP contribution in [0.4, 0.5) is 16.2 Å². The number of carbonyl (C=O) groups is 5. The molecule has 4 rings (SSSR count). The van der Waals surface area contributed by atoms with E-state index in [2.05, 4.69) is 10.6 Å². The Morgan fingerprint density at radius 3 is 2.44 bits per heavy atom. The van der Waals surface area contributed by atoms with Crippen LogP contribution in [-0.2, 0) is 19.1 Å². The van der Waals surface area contributed by atoms with E-state index in [4.69, 9.17) is 25.8 Å². The molecule has 1 saturated heterocycles. The highest BCUT2D eigenvalue weighted by molar-refractivity contribution is 8.18. The molecule has 1 aliphatic heterocycles. The Labute approximate surface area is 268 Å². The zero-order valence-electron chi connectivity index (χ0n) is 24.7. The zero-order valence-corrected chi connectivity index (χ0v) is 26.3. The fraction of sp³-hybridized carbons (Fsp3) is 0.219. The molecule has 0 unspecified atom stereocenters. The van der Waals surface area contributed by atoms with Gasteiger partial charge in [0.25, 0.3) is 17.1 Å². The molecule has 1 heterocycles. The van der Waals surface area contributed by atoms with Crippen LogP contribution in [0.3, 0.4) is 0 Å². The number of nitrogens with one attached hydrogen (secondary N) is 2. The Kier molecular flexibility index (Phi) is 11.2. The third-order valence-electron chi connectivity index (χ3n) is 6.23. The first-order valence-corrected chi connectivity index (χ1v) is 15.0. The summed E-state index contributed by atoms with van der Waals surface area (Å²) >= 11 is 6.79. The summed E-state index contributed by atoms with van der Waals surface area (Å²) in [5.41, 5.74) is 2.51. The van der Waals surface area contributed by atoms with Gasteiger partial charge >= 0.3 is 5.97 Å². The molecule has 4 amide bonds. The van der Waals surface area contributed by atoms with Crippen molar-refractivity contribution in [2.75, 3.05) is 37.5 Å². The molecular weight excluding hydrogens is 622 g/mol. The molecule has 3 aromatic rings. The van der Waals surface area contributed by atoms with Crippen molar-refractivity contribution in [1.82, 2.24) is 4.90 Å². The molecule has 45 heavy (non-hydrogen) atoms. The highest BCUT2D eigenvalue weighted by atomic mass is 35.5. The molecule has 0 aromatic heterocycles. The SMILES string of the molecule is CCCOC(=O)c1cc(NC(=O)CN2C(=O)S/C(=C/c3ccc(OCC(=O)Nc4cccc(C)c4)c(OC)c3)C2=O)ccc1Cl. The van der Waals surface area contributed by atoms with Crippen LogP contribution in [0.2, 0.25) is 5.02 Å². The summed E-state index contributed by atoms with van der Waals surface area (Å²) in [7, 11) is 1.43. The van der Waals surface area contributed by atoms with Crippen LogP contribution in [0.5, 0.6) is 11.5 Å². The number of carbonyl (C=O) groups excluding carboxylic acids is 5. The van der Waals surface area contributed by atoms with Gasteiger partial charge in [-0.2, -0.15) is 0 Å². The summed E-state index contributed by atoms with van der Waals surface area (Å²) in [6.07, 6.45) is 2.13. The molecule has 0 atom stereocenters. The first kappa shape index (κ1) is 33.1. The van der Waals surface area contributed by atoms with Crippen molar-refractivity contribution in [1.29, 1.82) is 0 Å². The number of benzene rings is 3. The normalized spacial score (nSPS) is 13.5. The number of esters is 1. The number of methoxy groups -OCH3 is 1. The lowest BCUT2D eigenvalue weighted by Crippen LogP contribution is -2.36. The van der Waals surface area contributed by atoms with Gasteiger partial charge in [0.15, 0.2) is 18.1 Å². The second-order valence-electron chi connectivity index (χ2n) is 9.76. The van der Waals surface area contributed by atoms with E-state index in [1.54, 1.807) is 24.3 Å². The number of hydrogen-bond acceptors (Lipinski definition) is 9. The van der Waals surface area contributed by atoms with Gasteiger partial charge < -0.3 is 24.8 Å². The molecule has 0 bridgehead atoms. The lowest BCUT2D eigenvalue weighted by Gasteiger charge is -2.13. The second-order valence-corrected chi connectivity index (χ2v) is 11.2. The molecule has 2 N–H and O–H groups in total. The highest BCUT2D eigenvalue weighted by Crippen LogP contribution is 2.34. The van der Waals surface area contributed by atoms with Crippen molar-refractivity contribution in [3.8, 4) is 11.5 Å². The number of amides is 4. The maximum Gasteiger partial charge on any atom is 0.339 e. The van der Waals surface area contributed by atoms with E-state index in [9.17, 15) is 24.0 Å². The van der Waals surface area contributed by atoms with Gasteiger partial charge in [-0.15, -0.1) is 0 Å². The number of thioether (sulfide) groups is 1. The summed E-state index contributed by atoms with van der Waals surface area (Å²) in [4.78, 5) is 63.9. The van der Waals surface area contributed by atoms with Crippen LogP contribution in [0.15, 0.2) is 65.6 Å². The number of nitrogens with zero attached hydrogens (tertiary/aromatic N) is 1. The molecule has 13 heteroatoms. The number of imide groups is 1. The molecule has 0 radical (unpaired) electrons. The van der Waals surface area contributed by atoms with E-state index in [0.29, 0.717) is 40.9 Å².